The molecule has 1 aromatic rings. The number of aromatic nitrogens is 2. The molecule has 0 aliphatic rings. The number of anilines is 1. The summed E-state index contributed by atoms with van der Waals surface area (Å²) in [6.45, 7) is 4.19. The molecule has 0 bridgehead atoms. The Bertz CT molecular complexity index is 328. The zero-order valence-corrected chi connectivity index (χ0v) is 8.95. The van der Waals surface area contributed by atoms with Crippen LogP contribution in [0.25, 0.3) is 0 Å². The Labute approximate surface area is 84.1 Å². The van der Waals surface area contributed by atoms with Crippen LogP contribution in [-0.4, -0.2) is 15.6 Å². The summed E-state index contributed by atoms with van der Waals surface area (Å²) < 4.78 is 1.52. The van der Waals surface area contributed by atoms with E-state index >= 15 is 0 Å². The molecule has 0 atom stereocenters. The van der Waals surface area contributed by atoms with E-state index in [1.165, 1.54) is 10.9 Å². The molecule has 4 heteroatoms. The lowest BCUT2D eigenvalue weighted by molar-refractivity contribution is 0.0976. The van der Waals surface area contributed by atoms with Gasteiger partial charge in [0.15, 0.2) is 5.78 Å². The van der Waals surface area contributed by atoms with Crippen LogP contribution in [-0.2, 0) is 7.05 Å². The molecule has 1 heterocycles. The number of nitrogens with two attached hydrogens (primary N) is 1. The molecule has 0 amide bonds. The minimum Gasteiger partial charge on any atom is -0.383 e. The second-order valence-electron chi connectivity index (χ2n) is 3.92. The van der Waals surface area contributed by atoms with E-state index in [4.69, 9.17) is 5.73 Å². The number of rotatable bonds is 4. The van der Waals surface area contributed by atoms with Gasteiger partial charge in [-0.2, -0.15) is 5.10 Å². The molecule has 1 aromatic heterocycles. The van der Waals surface area contributed by atoms with Gasteiger partial charge < -0.3 is 5.73 Å². The lowest BCUT2D eigenvalue weighted by Gasteiger charge is -2.03. The third kappa shape index (κ3) is 2.34. The first-order valence-electron chi connectivity index (χ1n) is 4.83. The normalized spacial score (nSPS) is 10.9. The minimum absolute atomic E-state index is 0.0873. The van der Waals surface area contributed by atoms with Crippen LogP contribution in [0.15, 0.2) is 6.20 Å². The van der Waals surface area contributed by atoms with Gasteiger partial charge >= 0.3 is 0 Å². The molecular formula is C10H17N3O. The molecule has 0 aliphatic carbocycles. The molecule has 0 radical (unpaired) electrons. The summed E-state index contributed by atoms with van der Waals surface area (Å²) in [6.07, 6.45) is 2.98. The second kappa shape index (κ2) is 4.26. The zero-order chi connectivity index (χ0) is 10.7. The quantitative estimate of drug-likeness (QED) is 0.743. The van der Waals surface area contributed by atoms with E-state index in [0.29, 0.717) is 23.7 Å². The number of Topliss-reactive ketones (excluding diaryl/α,β-unsaturated/α-hetero) is 1. The summed E-state index contributed by atoms with van der Waals surface area (Å²) in [7, 11) is 1.73. The molecule has 0 spiro atoms. The molecule has 14 heavy (non-hydrogen) atoms. The van der Waals surface area contributed by atoms with Crippen LogP contribution >= 0.6 is 0 Å². The Kier molecular flexibility index (Phi) is 3.28. The van der Waals surface area contributed by atoms with Crippen molar-refractivity contribution in [1.29, 1.82) is 0 Å². The fraction of sp³-hybridized carbons (Fsp3) is 0.600. The largest absolute Gasteiger partial charge is 0.383 e. The average molecular weight is 195 g/mol. The van der Waals surface area contributed by atoms with Crippen molar-refractivity contribution in [1.82, 2.24) is 9.78 Å². The predicted octanol–water partition coefficient (Wildman–Crippen LogP) is 1.62. The highest BCUT2D eigenvalue weighted by molar-refractivity contribution is 5.99. The number of carbonyl (C=O) groups is 1. The first kappa shape index (κ1) is 10.8. The fourth-order valence-corrected chi connectivity index (χ4v) is 1.22. The number of nitrogens with zero attached hydrogens (tertiary/aromatic N) is 2. The lowest BCUT2D eigenvalue weighted by atomic mass is 10.0. The maximum atomic E-state index is 11.6. The van der Waals surface area contributed by atoms with Crippen LogP contribution < -0.4 is 5.73 Å². The van der Waals surface area contributed by atoms with Gasteiger partial charge in [0.1, 0.15) is 5.82 Å². The van der Waals surface area contributed by atoms with Gasteiger partial charge in [0.25, 0.3) is 0 Å². The molecule has 4 nitrogen and oxygen atoms in total. The fourth-order valence-electron chi connectivity index (χ4n) is 1.22. The number of carbonyl (C=O) groups excluding carboxylic acids is 1. The van der Waals surface area contributed by atoms with Gasteiger partial charge in [0.05, 0.1) is 11.8 Å². The van der Waals surface area contributed by atoms with Crippen LogP contribution in [0.1, 0.15) is 37.0 Å². The monoisotopic (exact) mass is 195 g/mol. The number of hydrogen-bond acceptors (Lipinski definition) is 3. The number of hydrogen-bond donors (Lipinski definition) is 1. The van der Waals surface area contributed by atoms with E-state index in [2.05, 4.69) is 18.9 Å². The van der Waals surface area contributed by atoms with Crippen LogP contribution in [0, 0.1) is 5.92 Å². The van der Waals surface area contributed by atoms with E-state index in [1.54, 1.807) is 7.05 Å². The van der Waals surface area contributed by atoms with Crippen molar-refractivity contribution in [2.75, 3.05) is 5.73 Å². The molecular weight excluding hydrogens is 178 g/mol. The van der Waals surface area contributed by atoms with Gasteiger partial charge in [-0.15, -0.1) is 0 Å². The van der Waals surface area contributed by atoms with Crippen molar-refractivity contribution < 1.29 is 4.79 Å². The SMILES string of the molecule is CC(C)CCC(=O)c1cnn(C)c1N. The van der Waals surface area contributed by atoms with Crippen molar-refractivity contribution in [2.45, 2.75) is 26.7 Å². The molecule has 2 N–H and O–H groups in total. The highest BCUT2D eigenvalue weighted by atomic mass is 16.1. The van der Waals surface area contributed by atoms with Crippen molar-refractivity contribution in [3.8, 4) is 0 Å². The van der Waals surface area contributed by atoms with Crippen LogP contribution in [0.5, 0.6) is 0 Å². The third-order valence-corrected chi connectivity index (χ3v) is 2.23. The molecule has 1 rings (SSSR count). The van der Waals surface area contributed by atoms with E-state index < -0.39 is 0 Å². The maximum Gasteiger partial charge on any atom is 0.168 e. The summed E-state index contributed by atoms with van der Waals surface area (Å²) >= 11 is 0. The van der Waals surface area contributed by atoms with Gasteiger partial charge in [-0.1, -0.05) is 13.8 Å². The highest BCUT2D eigenvalue weighted by Crippen LogP contribution is 2.14. The first-order valence-corrected chi connectivity index (χ1v) is 4.83. The summed E-state index contributed by atoms with van der Waals surface area (Å²) in [5, 5.41) is 3.94. The van der Waals surface area contributed by atoms with Gasteiger partial charge in [0, 0.05) is 13.5 Å². The minimum atomic E-state index is 0.0873. The van der Waals surface area contributed by atoms with E-state index in [9.17, 15) is 4.79 Å². The highest BCUT2D eigenvalue weighted by Gasteiger charge is 2.13. The molecule has 0 aliphatic heterocycles. The van der Waals surface area contributed by atoms with Crippen molar-refractivity contribution >= 4 is 11.6 Å². The topological polar surface area (TPSA) is 60.9 Å². The molecule has 78 valence electrons. The number of nitrogen functional groups attached to an aromatic ring is 1. The molecule has 0 fully saturated rings. The van der Waals surface area contributed by atoms with Crippen molar-refractivity contribution in [3.63, 3.8) is 0 Å². The average Bonchev–Trinajstić information content (AvgIpc) is 2.44. The van der Waals surface area contributed by atoms with Gasteiger partial charge in [-0.25, -0.2) is 0 Å². The van der Waals surface area contributed by atoms with E-state index in [-0.39, 0.29) is 5.78 Å². The standard InChI is InChI=1S/C10H17N3O/c1-7(2)4-5-9(14)8-6-12-13(3)10(8)11/h6-7H,4-5,11H2,1-3H3. The van der Waals surface area contributed by atoms with Gasteiger partial charge in [0.2, 0.25) is 0 Å². The second-order valence-corrected chi connectivity index (χ2v) is 3.92. The van der Waals surface area contributed by atoms with Crippen LogP contribution in [0.4, 0.5) is 5.82 Å². The van der Waals surface area contributed by atoms with E-state index in [1.807, 2.05) is 0 Å². The summed E-state index contributed by atoms with van der Waals surface area (Å²) in [5.74, 6) is 1.08. The molecule has 0 aromatic carbocycles. The Morgan fingerprint density at radius 2 is 2.29 bits per heavy atom. The molecule has 0 saturated heterocycles. The maximum absolute atomic E-state index is 11.6. The van der Waals surface area contributed by atoms with Gasteiger partial charge in [-0.3, -0.25) is 9.48 Å². The summed E-state index contributed by atoms with van der Waals surface area (Å²) in [4.78, 5) is 11.6. The number of aryl methyl sites for hydroxylation is 1. The Hall–Kier alpha value is -1.32. The first-order chi connectivity index (χ1) is 6.52. The Morgan fingerprint density at radius 3 is 2.71 bits per heavy atom. The zero-order valence-electron chi connectivity index (χ0n) is 8.95. The van der Waals surface area contributed by atoms with Crippen LogP contribution in [0.3, 0.4) is 0 Å². The summed E-state index contributed by atoms with van der Waals surface area (Å²) in [5.41, 5.74) is 6.24. The van der Waals surface area contributed by atoms with Gasteiger partial charge in [-0.05, 0) is 12.3 Å². The Balaban J connectivity index is 2.66. The summed E-state index contributed by atoms with van der Waals surface area (Å²) in [6, 6.07) is 0. The molecule has 0 unspecified atom stereocenters. The Morgan fingerprint density at radius 1 is 1.64 bits per heavy atom. The molecule has 0 saturated carbocycles. The number of ketones is 1. The smallest absolute Gasteiger partial charge is 0.168 e. The van der Waals surface area contributed by atoms with Crippen LogP contribution in [0.2, 0.25) is 0 Å². The predicted molar refractivity (Wildman–Crippen MR) is 56.0 cm³/mol. The lowest BCUT2D eigenvalue weighted by Crippen LogP contribution is -2.05. The van der Waals surface area contributed by atoms with Crippen molar-refractivity contribution in [2.24, 2.45) is 13.0 Å². The van der Waals surface area contributed by atoms with E-state index in [0.717, 1.165) is 6.42 Å². The van der Waals surface area contributed by atoms with Crippen molar-refractivity contribution in [3.05, 3.63) is 11.8 Å². The third-order valence-electron chi connectivity index (χ3n) is 2.23.